The van der Waals surface area contributed by atoms with Crippen molar-refractivity contribution in [1.29, 1.82) is 5.26 Å². The minimum Gasteiger partial charge on any atom is -0.446 e. The molecule has 2 aromatic carbocycles. The van der Waals surface area contributed by atoms with Crippen LogP contribution in [0, 0.1) is 22.6 Å². The third kappa shape index (κ3) is 7.12. The summed E-state index contributed by atoms with van der Waals surface area (Å²) in [5.41, 5.74) is 0.741. The number of nitrogens with zero attached hydrogens (tertiary/aromatic N) is 2. The molecule has 2 saturated heterocycles. The van der Waals surface area contributed by atoms with Gasteiger partial charge in [0.25, 0.3) is 0 Å². The number of cyclic esters (lactones) is 1. The number of halogens is 1. The van der Waals surface area contributed by atoms with E-state index in [2.05, 4.69) is 6.07 Å². The number of hydrogen-bond donors (Lipinski definition) is 0. The van der Waals surface area contributed by atoms with Crippen LogP contribution in [0.1, 0.15) is 72.9 Å². The third-order valence-electron chi connectivity index (χ3n) is 7.38. The molecular formula is C29H38BFN2O4. The topological polar surface area (TPSA) is 71.8 Å². The molecule has 0 aliphatic carbocycles. The van der Waals surface area contributed by atoms with Crippen molar-refractivity contribution >= 4 is 18.7 Å². The molecule has 0 bridgehead atoms. The zero-order chi connectivity index (χ0) is 27.4. The number of hydrogen-bond acceptors (Lipinski definition) is 5. The summed E-state index contributed by atoms with van der Waals surface area (Å²) in [6, 6.07) is 18.1. The summed E-state index contributed by atoms with van der Waals surface area (Å²) in [4.78, 5) is 14.3. The van der Waals surface area contributed by atoms with Gasteiger partial charge in [-0.3, -0.25) is 0 Å². The molecule has 2 aliphatic rings. The second-order valence-corrected chi connectivity index (χ2v) is 11.4. The van der Waals surface area contributed by atoms with Crippen LogP contribution in [-0.2, 0) is 14.0 Å². The van der Waals surface area contributed by atoms with E-state index in [1.807, 2.05) is 72.7 Å². The van der Waals surface area contributed by atoms with E-state index in [0.29, 0.717) is 13.0 Å². The number of ether oxygens (including phenoxy) is 1. The molecule has 0 aromatic heterocycles. The molecule has 2 aromatic rings. The summed E-state index contributed by atoms with van der Waals surface area (Å²) < 4.78 is 29.8. The van der Waals surface area contributed by atoms with Gasteiger partial charge in [-0.05, 0) is 71.6 Å². The Hall–Kier alpha value is -2.89. The van der Waals surface area contributed by atoms with Crippen LogP contribution in [0.4, 0.5) is 9.18 Å². The lowest BCUT2D eigenvalue weighted by Gasteiger charge is -2.37. The minimum atomic E-state index is -0.498. The van der Waals surface area contributed by atoms with Gasteiger partial charge in [0.15, 0.2) is 0 Å². The van der Waals surface area contributed by atoms with Crippen molar-refractivity contribution in [2.75, 3.05) is 6.54 Å². The first-order valence-electron chi connectivity index (χ1n) is 12.8. The van der Waals surface area contributed by atoms with Gasteiger partial charge in [-0.25, -0.2) is 9.18 Å². The summed E-state index contributed by atoms with van der Waals surface area (Å²) in [7, 11) is -0.399. The molecule has 37 heavy (non-hydrogen) atoms. The highest BCUT2D eigenvalue weighted by molar-refractivity contribution is 6.62. The zero-order valence-corrected chi connectivity index (χ0v) is 23.0. The average molecular weight is 508 g/mol. The molecule has 2 aliphatic heterocycles. The molecule has 6 nitrogen and oxygen atoms in total. The summed E-state index contributed by atoms with van der Waals surface area (Å²) >= 11 is 0. The van der Waals surface area contributed by atoms with E-state index in [9.17, 15) is 14.4 Å². The summed E-state index contributed by atoms with van der Waals surface area (Å²) in [5, 5.41) is 9.22. The van der Waals surface area contributed by atoms with Crippen LogP contribution < -0.4 is 5.46 Å². The molecule has 1 amide bonds. The van der Waals surface area contributed by atoms with Crippen LogP contribution in [0.3, 0.4) is 0 Å². The second kappa shape index (κ2) is 11.2. The number of nitriles is 1. The summed E-state index contributed by atoms with van der Waals surface area (Å²) in [6.07, 6.45) is 0.761. The van der Waals surface area contributed by atoms with Crippen LogP contribution in [0.2, 0.25) is 0 Å². The van der Waals surface area contributed by atoms with Crippen molar-refractivity contribution < 1.29 is 23.2 Å². The van der Waals surface area contributed by atoms with E-state index in [4.69, 9.17) is 14.0 Å². The maximum atomic E-state index is 12.6. The molecular weight excluding hydrogens is 470 g/mol. The standard InChI is InChI=1S/C23H33BN2O4.C6H5F/c1-16(26-13-12-19(28-20(26)27)14-21(2,3)15-25)17-8-10-18(11-9-17)24-29-22(4,5)23(6,7)30-24;7-6-4-2-1-3-5-6/h8-11,16,19H,12-14H2,1-7H3;1-5H. The van der Waals surface area contributed by atoms with E-state index < -0.39 is 12.5 Å². The van der Waals surface area contributed by atoms with Crippen molar-refractivity contribution in [2.45, 2.75) is 84.7 Å². The van der Waals surface area contributed by atoms with Gasteiger partial charge in [-0.1, -0.05) is 42.5 Å². The Balaban J connectivity index is 0.000000468. The van der Waals surface area contributed by atoms with E-state index in [-0.39, 0.29) is 35.3 Å². The predicted octanol–water partition coefficient (Wildman–Crippen LogP) is 6.02. The van der Waals surface area contributed by atoms with Crippen molar-refractivity contribution in [3.05, 3.63) is 66.0 Å². The monoisotopic (exact) mass is 508 g/mol. The highest BCUT2D eigenvalue weighted by Crippen LogP contribution is 2.36. The fourth-order valence-electron chi connectivity index (χ4n) is 4.26. The fraction of sp³-hybridized carbons (Fsp3) is 0.517. The molecule has 2 atom stereocenters. The van der Waals surface area contributed by atoms with Crippen LogP contribution in [0.5, 0.6) is 0 Å². The second-order valence-electron chi connectivity index (χ2n) is 11.4. The Bertz CT molecular complexity index is 1080. The third-order valence-corrected chi connectivity index (χ3v) is 7.38. The SMILES string of the molecule is CC(c1ccc(B2OC(C)(C)C(C)(C)O2)cc1)N1CCC(CC(C)(C)C#N)OC1=O.Fc1ccccc1. The maximum Gasteiger partial charge on any atom is 0.494 e. The largest absolute Gasteiger partial charge is 0.494 e. The number of carbonyl (C=O) groups is 1. The van der Waals surface area contributed by atoms with Gasteiger partial charge in [0.1, 0.15) is 11.9 Å². The van der Waals surface area contributed by atoms with Gasteiger partial charge in [0.2, 0.25) is 0 Å². The lowest BCUT2D eigenvalue weighted by molar-refractivity contribution is 0.000793. The highest BCUT2D eigenvalue weighted by Gasteiger charge is 2.51. The molecule has 2 heterocycles. The molecule has 0 spiro atoms. The number of amides is 1. The molecule has 0 N–H and O–H groups in total. The Labute approximate surface area is 220 Å². The average Bonchev–Trinajstić information content (AvgIpc) is 3.06. The van der Waals surface area contributed by atoms with E-state index >= 15 is 0 Å². The van der Waals surface area contributed by atoms with Crippen LogP contribution in [0.15, 0.2) is 54.6 Å². The molecule has 4 rings (SSSR count). The molecule has 0 radical (unpaired) electrons. The van der Waals surface area contributed by atoms with Crippen LogP contribution >= 0.6 is 0 Å². The lowest BCUT2D eigenvalue weighted by Crippen LogP contribution is -2.44. The van der Waals surface area contributed by atoms with Gasteiger partial charge in [0, 0.05) is 19.4 Å². The lowest BCUT2D eigenvalue weighted by atomic mass is 9.78. The zero-order valence-electron chi connectivity index (χ0n) is 23.0. The van der Waals surface area contributed by atoms with E-state index in [0.717, 1.165) is 17.4 Å². The van der Waals surface area contributed by atoms with Gasteiger partial charge in [-0.2, -0.15) is 5.26 Å². The molecule has 2 unspecified atom stereocenters. The first-order chi connectivity index (χ1) is 17.2. The Morgan fingerprint density at radius 3 is 2.11 bits per heavy atom. The normalized spacial score (nSPS) is 21.4. The predicted molar refractivity (Wildman–Crippen MR) is 143 cm³/mol. The maximum absolute atomic E-state index is 12.6. The first-order valence-corrected chi connectivity index (χ1v) is 12.8. The molecule has 198 valence electrons. The highest BCUT2D eigenvalue weighted by atomic mass is 19.1. The van der Waals surface area contributed by atoms with Gasteiger partial charge in [-0.15, -0.1) is 0 Å². The van der Waals surface area contributed by atoms with Crippen LogP contribution in [-0.4, -0.2) is 42.0 Å². The van der Waals surface area contributed by atoms with Crippen molar-refractivity contribution in [3.63, 3.8) is 0 Å². The van der Waals surface area contributed by atoms with Crippen molar-refractivity contribution in [3.8, 4) is 6.07 Å². The Kier molecular flexibility index (Phi) is 8.72. The Morgan fingerprint density at radius 2 is 1.65 bits per heavy atom. The number of carbonyl (C=O) groups excluding carboxylic acids is 1. The van der Waals surface area contributed by atoms with E-state index in [1.54, 1.807) is 23.1 Å². The van der Waals surface area contributed by atoms with Crippen LogP contribution in [0.25, 0.3) is 0 Å². The number of benzene rings is 2. The van der Waals surface area contributed by atoms with Gasteiger partial charge in [0.05, 0.1) is 28.7 Å². The first kappa shape index (κ1) is 28.7. The van der Waals surface area contributed by atoms with Crippen molar-refractivity contribution in [1.82, 2.24) is 4.90 Å². The van der Waals surface area contributed by atoms with Gasteiger partial charge >= 0.3 is 13.2 Å². The Morgan fingerprint density at radius 1 is 1.08 bits per heavy atom. The minimum absolute atomic E-state index is 0.102. The number of rotatable bonds is 5. The molecule has 2 fully saturated rings. The quantitative estimate of drug-likeness (QED) is 0.462. The van der Waals surface area contributed by atoms with E-state index in [1.165, 1.54) is 12.1 Å². The van der Waals surface area contributed by atoms with Gasteiger partial charge < -0.3 is 18.9 Å². The smallest absolute Gasteiger partial charge is 0.446 e. The van der Waals surface area contributed by atoms with Crippen molar-refractivity contribution in [2.24, 2.45) is 5.41 Å². The fourth-order valence-corrected chi connectivity index (χ4v) is 4.26. The summed E-state index contributed by atoms with van der Waals surface area (Å²) in [5.74, 6) is -0.178. The summed E-state index contributed by atoms with van der Waals surface area (Å²) in [6.45, 7) is 14.5. The molecule has 0 saturated carbocycles. The molecule has 8 heteroatoms.